The number of fused-ring (bicyclic) bond motifs is 7. The zero-order valence-electron chi connectivity index (χ0n) is 25.6. The topological polar surface area (TPSA) is 12.5 Å². The predicted octanol–water partition coefficient (Wildman–Crippen LogP) is 11.9. The Bertz CT molecular complexity index is 2450. The Balaban J connectivity index is 1.26. The monoisotopic (exact) mass is 599 g/mol. The number of nitrogens with zero attached hydrogens (tertiary/aromatic N) is 1. The highest BCUT2D eigenvalue weighted by Crippen LogP contribution is 2.63. The minimum absolute atomic E-state index is 0.522. The van der Waals surface area contributed by atoms with E-state index in [-0.39, 0.29) is 0 Å². The second-order valence-electron chi connectivity index (χ2n) is 12.5. The molecule has 1 aliphatic heterocycles. The summed E-state index contributed by atoms with van der Waals surface area (Å²) in [6.45, 7) is 0. The summed E-state index contributed by atoms with van der Waals surface area (Å²) >= 11 is 0. The Morgan fingerprint density at radius 1 is 0.383 bits per heavy atom. The zero-order chi connectivity index (χ0) is 31.0. The lowest BCUT2D eigenvalue weighted by Gasteiger charge is -2.39. The second-order valence-corrected chi connectivity index (χ2v) is 12.5. The van der Waals surface area contributed by atoms with Gasteiger partial charge in [0.05, 0.1) is 5.41 Å². The van der Waals surface area contributed by atoms with E-state index in [1.54, 1.807) is 0 Å². The number of rotatable bonds is 4. The molecule has 0 aromatic heterocycles. The molecule has 10 rings (SSSR count). The molecule has 2 heteroatoms. The van der Waals surface area contributed by atoms with Crippen molar-refractivity contribution in [3.05, 3.63) is 198 Å². The van der Waals surface area contributed by atoms with Gasteiger partial charge in [-0.3, -0.25) is 0 Å². The molecule has 0 saturated heterocycles. The molecule has 1 heterocycles. The molecule has 1 aliphatic carbocycles. The first-order valence-electron chi connectivity index (χ1n) is 16.2. The fourth-order valence-electron chi connectivity index (χ4n) is 8.08. The fraction of sp³-hybridized carbons (Fsp3) is 0.0222. The van der Waals surface area contributed by atoms with Crippen molar-refractivity contribution in [2.45, 2.75) is 5.41 Å². The van der Waals surface area contributed by atoms with Crippen molar-refractivity contribution < 1.29 is 4.74 Å². The van der Waals surface area contributed by atoms with Gasteiger partial charge in [0.1, 0.15) is 11.5 Å². The molecular formula is C45H29NO. The van der Waals surface area contributed by atoms with Crippen molar-refractivity contribution in [2.24, 2.45) is 0 Å². The quantitative estimate of drug-likeness (QED) is 0.200. The Kier molecular flexibility index (Phi) is 5.53. The van der Waals surface area contributed by atoms with Crippen LogP contribution in [-0.2, 0) is 5.41 Å². The van der Waals surface area contributed by atoms with Gasteiger partial charge in [-0.2, -0.15) is 0 Å². The Morgan fingerprint density at radius 2 is 0.936 bits per heavy atom. The Labute approximate surface area is 273 Å². The van der Waals surface area contributed by atoms with Gasteiger partial charge in [-0.25, -0.2) is 0 Å². The molecule has 0 bridgehead atoms. The van der Waals surface area contributed by atoms with E-state index in [4.69, 9.17) is 4.74 Å². The van der Waals surface area contributed by atoms with Crippen LogP contribution in [0.3, 0.4) is 0 Å². The standard InChI is InChI=1S/C45H29NO/c1-3-13-32-27-36(25-23-30(32)11-1)46(37-26-24-31-12-2-4-14-33(31)28-37)35-16-9-15-34(29-35)45-40-19-6-5-17-38(40)39-18-10-22-43(44(39)45)47-42-21-8-7-20-41(42)45/h1-29H. The van der Waals surface area contributed by atoms with Crippen molar-refractivity contribution in [2.75, 3.05) is 4.90 Å². The fourth-order valence-corrected chi connectivity index (χ4v) is 8.08. The minimum Gasteiger partial charge on any atom is -0.457 e. The molecule has 8 aromatic carbocycles. The molecule has 47 heavy (non-hydrogen) atoms. The molecule has 0 radical (unpaired) electrons. The van der Waals surface area contributed by atoms with Gasteiger partial charge in [-0.15, -0.1) is 0 Å². The largest absolute Gasteiger partial charge is 0.457 e. The van der Waals surface area contributed by atoms with Gasteiger partial charge in [0.25, 0.3) is 0 Å². The van der Waals surface area contributed by atoms with Gasteiger partial charge in [0, 0.05) is 28.2 Å². The minimum atomic E-state index is -0.522. The van der Waals surface area contributed by atoms with Crippen molar-refractivity contribution >= 4 is 38.6 Å². The van der Waals surface area contributed by atoms with E-state index in [1.807, 2.05) is 0 Å². The van der Waals surface area contributed by atoms with Gasteiger partial charge in [-0.1, -0.05) is 127 Å². The van der Waals surface area contributed by atoms with E-state index < -0.39 is 5.41 Å². The third kappa shape index (κ3) is 3.73. The molecular weight excluding hydrogens is 571 g/mol. The highest BCUT2D eigenvalue weighted by Gasteiger charge is 2.51. The van der Waals surface area contributed by atoms with Crippen LogP contribution in [0.1, 0.15) is 22.3 Å². The van der Waals surface area contributed by atoms with Crippen LogP contribution >= 0.6 is 0 Å². The molecule has 0 fully saturated rings. The first-order valence-corrected chi connectivity index (χ1v) is 16.2. The maximum absolute atomic E-state index is 6.63. The Hall–Kier alpha value is -6.12. The first kappa shape index (κ1) is 26.1. The summed E-state index contributed by atoms with van der Waals surface area (Å²) in [5, 5.41) is 4.89. The number of benzene rings is 8. The molecule has 220 valence electrons. The van der Waals surface area contributed by atoms with Gasteiger partial charge in [0.2, 0.25) is 0 Å². The van der Waals surface area contributed by atoms with Crippen molar-refractivity contribution in [3.8, 4) is 22.6 Å². The van der Waals surface area contributed by atoms with Crippen LogP contribution in [0.15, 0.2) is 176 Å². The summed E-state index contributed by atoms with van der Waals surface area (Å²) in [6.07, 6.45) is 0. The summed E-state index contributed by atoms with van der Waals surface area (Å²) in [6, 6.07) is 63.8. The zero-order valence-corrected chi connectivity index (χ0v) is 25.6. The maximum atomic E-state index is 6.63. The molecule has 0 N–H and O–H groups in total. The van der Waals surface area contributed by atoms with Crippen molar-refractivity contribution in [3.63, 3.8) is 0 Å². The van der Waals surface area contributed by atoms with Gasteiger partial charge >= 0.3 is 0 Å². The van der Waals surface area contributed by atoms with Crippen LogP contribution in [0.5, 0.6) is 11.5 Å². The summed E-state index contributed by atoms with van der Waals surface area (Å²) in [5.41, 5.74) is 10.2. The van der Waals surface area contributed by atoms with E-state index in [9.17, 15) is 0 Å². The SMILES string of the molecule is c1cc(N(c2ccc3ccccc3c2)c2ccc3ccccc3c2)cc(C23c4ccccc4Oc4cccc(c42)-c2ccccc23)c1. The van der Waals surface area contributed by atoms with Crippen LogP contribution in [0.25, 0.3) is 32.7 Å². The second kappa shape index (κ2) is 9.94. The number of anilines is 3. The molecule has 2 nitrogen and oxygen atoms in total. The summed E-state index contributed by atoms with van der Waals surface area (Å²) in [4.78, 5) is 2.40. The lowest BCUT2D eigenvalue weighted by atomic mass is 9.66. The van der Waals surface area contributed by atoms with E-state index in [2.05, 4.69) is 181 Å². The molecule has 1 unspecified atom stereocenters. The van der Waals surface area contributed by atoms with Crippen molar-refractivity contribution in [1.82, 2.24) is 0 Å². The normalized spacial score (nSPS) is 15.5. The van der Waals surface area contributed by atoms with E-state index >= 15 is 0 Å². The van der Waals surface area contributed by atoms with E-state index in [1.165, 1.54) is 54.9 Å². The van der Waals surface area contributed by atoms with Crippen LogP contribution in [0, 0.1) is 0 Å². The molecule has 1 atom stereocenters. The number of para-hydroxylation sites is 1. The molecule has 0 saturated carbocycles. The summed E-state index contributed by atoms with van der Waals surface area (Å²) < 4.78 is 6.63. The Morgan fingerprint density at radius 3 is 1.68 bits per heavy atom. The number of ether oxygens (including phenoxy) is 1. The molecule has 0 spiro atoms. The summed E-state index contributed by atoms with van der Waals surface area (Å²) in [5.74, 6) is 1.82. The highest BCUT2D eigenvalue weighted by molar-refractivity contribution is 5.94. The van der Waals surface area contributed by atoms with Crippen LogP contribution in [-0.4, -0.2) is 0 Å². The smallest absolute Gasteiger partial charge is 0.132 e. The first-order chi connectivity index (χ1) is 23.3. The van der Waals surface area contributed by atoms with Crippen LogP contribution in [0.2, 0.25) is 0 Å². The third-order valence-electron chi connectivity index (χ3n) is 10.1. The third-order valence-corrected chi connectivity index (χ3v) is 10.1. The number of hydrogen-bond acceptors (Lipinski definition) is 2. The highest BCUT2D eigenvalue weighted by atomic mass is 16.5. The summed E-state index contributed by atoms with van der Waals surface area (Å²) in [7, 11) is 0. The maximum Gasteiger partial charge on any atom is 0.132 e. The lowest BCUT2D eigenvalue weighted by molar-refractivity contribution is 0.438. The van der Waals surface area contributed by atoms with Gasteiger partial charge in [-0.05, 0) is 92.3 Å². The van der Waals surface area contributed by atoms with Gasteiger partial charge in [0.15, 0.2) is 0 Å². The number of hydrogen-bond donors (Lipinski definition) is 0. The molecule has 2 aliphatic rings. The van der Waals surface area contributed by atoms with Crippen LogP contribution in [0.4, 0.5) is 17.1 Å². The lowest BCUT2D eigenvalue weighted by Crippen LogP contribution is -2.32. The average Bonchev–Trinajstić information content (AvgIpc) is 3.44. The predicted molar refractivity (Wildman–Crippen MR) is 194 cm³/mol. The van der Waals surface area contributed by atoms with Crippen LogP contribution < -0.4 is 9.64 Å². The molecule has 8 aromatic rings. The van der Waals surface area contributed by atoms with E-state index in [0.717, 1.165) is 28.6 Å². The van der Waals surface area contributed by atoms with E-state index in [0.29, 0.717) is 0 Å². The van der Waals surface area contributed by atoms with Gasteiger partial charge < -0.3 is 9.64 Å². The van der Waals surface area contributed by atoms with Crippen molar-refractivity contribution in [1.29, 1.82) is 0 Å². The average molecular weight is 600 g/mol. The molecule has 0 amide bonds.